The third kappa shape index (κ3) is 1.36. The molecule has 2 aromatic carbocycles. The summed E-state index contributed by atoms with van der Waals surface area (Å²) >= 11 is 12.4. The highest BCUT2D eigenvalue weighted by atomic mass is 35.5. The number of hydrogen-bond acceptors (Lipinski definition) is 1. The minimum absolute atomic E-state index is 0.684. The standard InChI is InChI=1S/C13H7Cl2N/c14-10-5-1-4-9-11(15)7-8-3-2-6-16-13(8)12(9)10/h1-7H. The van der Waals surface area contributed by atoms with Gasteiger partial charge in [0.2, 0.25) is 0 Å². The molecule has 0 spiro atoms. The Hall–Kier alpha value is -1.31. The van der Waals surface area contributed by atoms with Gasteiger partial charge in [0.25, 0.3) is 0 Å². The maximum atomic E-state index is 6.22. The number of pyridine rings is 1. The predicted octanol–water partition coefficient (Wildman–Crippen LogP) is 4.69. The van der Waals surface area contributed by atoms with Crippen LogP contribution in [-0.4, -0.2) is 4.98 Å². The van der Waals surface area contributed by atoms with Gasteiger partial charge in [-0.25, -0.2) is 0 Å². The highest BCUT2D eigenvalue weighted by molar-refractivity contribution is 6.42. The van der Waals surface area contributed by atoms with E-state index in [0.29, 0.717) is 10.0 Å². The number of rotatable bonds is 0. The number of hydrogen-bond donors (Lipinski definition) is 0. The molecular weight excluding hydrogens is 241 g/mol. The molecule has 0 N–H and O–H groups in total. The lowest BCUT2D eigenvalue weighted by atomic mass is 10.1. The van der Waals surface area contributed by atoms with E-state index >= 15 is 0 Å². The molecule has 0 radical (unpaired) electrons. The zero-order valence-electron chi connectivity index (χ0n) is 8.24. The van der Waals surface area contributed by atoms with Crippen LogP contribution in [-0.2, 0) is 0 Å². The Morgan fingerprint density at radius 1 is 0.938 bits per heavy atom. The Balaban J connectivity index is 2.67. The molecule has 0 aliphatic carbocycles. The molecule has 1 aromatic heterocycles. The van der Waals surface area contributed by atoms with Crippen LogP contribution in [0.3, 0.4) is 0 Å². The first-order chi connectivity index (χ1) is 7.77. The fourth-order valence-electron chi connectivity index (χ4n) is 1.92. The zero-order chi connectivity index (χ0) is 11.1. The summed E-state index contributed by atoms with van der Waals surface area (Å²) in [6.07, 6.45) is 1.76. The van der Waals surface area contributed by atoms with Crippen molar-refractivity contribution in [2.45, 2.75) is 0 Å². The molecule has 0 bridgehead atoms. The summed E-state index contributed by atoms with van der Waals surface area (Å²) in [4.78, 5) is 4.37. The van der Waals surface area contributed by atoms with E-state index in [2.05, 4.69) is 4.98 Å². The molecule has 0 atom stereocenters. The number of nitrogens with zero attached hydrogens (tertiary/aromatic N) is 1. The van der Waals surface area contributed by atoms with Crippen LogP contribution in [0.4, 0.5) is 0 Å². The molecule has 0 saturated carbocycles. The molecule has 0 aliphatic heterocycles. The van der Waals surface area contributed by atoms with Crippen LogP contribution in [0.15, 0.2) is 42.6 Å². The van der Waals surface area contributed by atoms with Crippen LogP contribution in [0.25, 0.3) is 21.7 Å². The quantitative estimate of drug-likeness (QED) is 0.525. The summed E-state index contributed by atoms with van der Waals surface area (Å²) < 4.78 is 0. The first kappa shape index (κ1) is 9.88. The second-order valence-electron chi connectivity index (χ2n) is 3.60. The summed E-state index contributed by atoms with van der Waals surface area (Å²) in [7, 11) is 0. The van der Waals surface area contributed by atoms with Gasteiger partial charge in [0.1, 0.15) is 0 Å². The summed E-state index contributed by atoms with van der Waals surface area (Å²) in [5, 5.41) is 4.27. The number of halogens is 2. The molecule has 0 unspecified atom stereocenters. The first-order valence-corrected chi connectivity index (χ1v) is 5.64. The third-order valence-corrected chi connectivity index (χ3v) is 3.26. The average molecular weight is 248 g/mol. The van der Waals surface area contributed by atoms with Crippen LogP contribution in [0.5, 0.6) is 0 Å². The average Bonchev–Trinajstić information content (AvgIpc) is 2.30. The molecule has 3 aromatic rings. The molecular formula is C13H7Cl2N. The van der Waals surface area contributed by atoms with E-state index in [1.807, 2.05) is 36.4 Å². The van der Waals surface area contributed by atoms with Gasteiger partial charge in [-0.15, -0.1) is 0 Å². The van der Waals surface area contributed by atoms with E-state index in [-0.39, 0.29) is 0 Å². The molecule has 3 rings (SSSR count). The third-order valence-electron chi connectivity index (χ3n) is 2.63. The van der Waals surface area contributed by atoms with Crippen molar-refractivity contribution in [1.29, 1.82) is 0 Å². The maximum absolute atomic E-state index is 6.22. The van der Waals surface area contributed by atoms with Crippen LogP contribution in [0.1, 0.15) is 0 Å². The van der Waals surface area contributed by atoms with Crippen molar-refractivity contribution >= 4 is 44.9 Å². The van der Waals surface area contributed by atoms with Crippen molar-refractivity contribution in [1.82, 2.24) is 4.98 Å². The normalized spacial score (nSPS) is 11.1. The van der Waals surface area contributed by atoms with Gasteiger partial charge in [-0.3, -0.25) is 4.98 Å². The second-order valence-corrected chi connectivity index (χ2v) is 4.41. The SMILES string of the molecule is Clc1cc2cccnc2c2c(Cl)cccc12. The smallest absolute Gasteiger partial charge is 0.0796 e. The molecule has 3 heteroatoms. The lowest BCUT2D eigenvalue weighted by Gasteiger charge is -2.06. The lowest BCUT2D eigenvalue weighted by molar-refractivity contribution is 1.43. The first-order valence-electron chi connectivity index (χ1n) is 4.89. The minimum Gasteiger partial charge on any atom is -0.256 e. The minimum atomic E-state index is 0.684. The molecule has 1 nitrogen and oxygen atoms in total. The summed E-state index contributed by atoms with van der Waals surface area (Å²) in [5.74, 6) is 0. The highest BCUT2D eigenvalue weighted by Gasteiger charge is 2.08. The van der Waals surface area contributed by atoms with E-state index in [0.717, 1.165) is 21.7 Å². The Bertz CT molecular complexity index is 692. The van der Waals surface area contributed by atoms with Crippen molar-refractivity contribution in [3.8, 4) is 0 Å². The molecule has 1 heterocycles. The van der Waals surface area contributed by atoms with Gasteiger partial charge in [0, 0.05) is 27.4 Å². The highest BCUT2D eigenvalue weighted by Crippen LogP contribution is 2.34. The Morgan fingerprint density at radius 3 is 2.69 bits per heavy atom. The van der Waals surface area contributed by atoms with Gasteiger partial charge < -0.3 is 0 Å². The topological polar surface area (TPSA) is 12.9 Å². The summed E-state index contributed by atoms with van der Waals surface area (Å²) in [6.45, 7) is 0. The van der Waals surface area contributed by atoms with Crippen LogP contribution < -0.4 is 0 Å². The molecule has 16 heavy (non-hydrogen) atoms. The number of aromatic nitrogens is 1. The van der Waals surface area contributed by atoms with Gasteiger partial charge in [0.15, 0.2) is 0 Å². The monoisotopic (exact) mass is 247 g/mol. The Kier molecular flexibility index (Phi) is 2.23. The predicted molar refractivity (Wildman–Crippen MR) is 69.3 cm³/mol. The fourth-order valence-corrected chi connectivity index (χ4v) is 2.46. The van der Waals surface area contributed by atoms with E-state index in [9.17, 15) is 0 Å². The van der Waals surface area contributed by atoms with Gasteiger partial charge >= 0.3 is 0 Å². The molecule has 0 fully saturated rings. The van der Waals surface area contributed by atoms with Crippen LogP contribution >= 0.6 is 23.2 Å². The lowest BCUT2D eigenvalue weighted by Crippen LogP contribution is -1.83. The number of benzene rings is 2. The largest absolute Gasteiger partial charge is 0.256 e. The maximum Gasteiger partial charge on any atom is 0.0796 e. The van der Waals surface area contributed by atoms with E-state index in [1.54, 1.807) is 6.20 Å². The van der Waals surface area contributed by atoms with Crippen molar-refractivity contribution in [3.63, 3.8) is 0 Å². The van der Waals surface area contributed by atoms with Crippen molar-refractivity contribution < 1.29 is 0 Å². The number of fused-ring (bicyclic) bond motifs is 3. The van der Waals surface area contributed by atoms with Crippen molar-refractivity contribution in [3.05, 3.63) is 52.6 Å². The van der Waals surface area contributed by atoms with Gasteiger partial charge in [0.05, 0.1) is 10.5 Å². The van der Waals surface area contributed by atoms with Gasteiger partial charge in [-0.1, -0.05) is 41.4 Å². The van der Waals surface area contributed by atoms with Crippen LogP contribution in [0.2, 0.25) is 10.0 Å². The van der Waals surface area contributed by atoms with Crippen molar-refractivity contribution in [2.75, 3.05) is 0 Å². The van der Waals surface area contributed by atoms with E-state index < -0.39 is 0 Å². The fraction of sp³-hybridized carbons (Fsp3) is 0. The molecule has 0 saturated heterocycles. The van der Waals surface area contributed by atoms with Gasteiger partial charge in [-0.2, -0.15) is 0 Å². The molecule has 0 amide bonds. The van der Waals surface area contributed by atoms with E-state index in [1.165, 1.54) is 0 Å². The Morgan fingerprint density at radius 2 is 1.81 bits per heavy atom. The summed E-state index contributed by atoms with van der Waals surface area (Å²) in [5.41, 5.74) is 0.896. The second kappa shape index (κ2) is 3.62. The van der Waals surface area contributed by atoms with Crippen molar-refractivity contribution in [2.24, 2.45) is 0 Å². The summed E-state index contributed by atoms with van der Waals surface area (Å²) in [6, 6.07) is 11.5. The van der Waals surface area contributed by atoms with Gasteiger partial charge in [-0.05, 0) is 18.2 Å². The molecule has 78 valence electrons. The zero-order valence-corrected chi connectivity index (χ0v) is 9.76. The molecule has 0 aliphatic rings. The Labute approximate surface area is 103 Å². The van der Waals surface area contributed by atoms with Crippen LogP contribution in [0, 0.1) is 0 Å². The van der Waals surface area contributed by atoms with E-state index in [4.69, 9.17) is 23.2 Å².